The predicted molar refractivity (Wildman–Crippen MR) is 66.1 cm³/mol. The highest BCUT2D eigenvalue weighted by Gasteiger charge is 2.10. The fraction of sp³-hybridized carbons (Fsp3) is 0.250. The molecule has 1 unspecified atom stereocenters. The molecule has 0 aliphatic carbocycles. The first kappa shape index (κ1) is 11.4. The third-order valence-electron chi connectivity index (χ3n) is 2.51. The van der Waals surface area contributed by atoms with E-state index in [0.717, 1.165) is 21.4 Å². The molecule has 84 valence electrons. The van der Waals surface area contributed by atoms with Gasteiger partial charge in [0.15, 0.2) is 0 Å². The minimum absolute atomic E-state index is 0.508. The molecule has 4 heteroatoms. The van der Waals surface area contributed by atoms with Crippen LogP contribution in [0, 0.1) is 6.92 Å². The topological polar surface area (TPSA) is 48.9 Å². The van der Waals surface area contributed by atoms with Crippen molar-refractivity contribution in [1.82, 2.24) is 9.97 Å². The Morgan fingerprint density at radius 3 is 2.94 bits per heavy atom. The van der Waals surface area contributed by atoms with Crippen LogP contribution in [0.25, 0.3) is 0 Å². The van der Waals surface area contributed by atoms with Crippen LogP contribution in [0.1, 0.15) is 23.1 Å². The van der Waals surface area contributed by atoms with Crippen molar-refractivity contribution in [3.63, 3.8) is 0 Å². The molecule has 0 radical (unpaired) electrons. The Hall–Kier alpha value is -1.13. The lowest BCUT2D eigenvalue weighted by Crippen LogP contribution is -2.03. The summed E-state index contributed by atoms with van der Waals surface area (Å²) >= 11 is 3.44. The van der Waals surface area contributed by atoms with E-state index in [0.29, 0.717) is 6.42 Å². The minimum Gasteiger partial charge on any atom is -0.388 e. The molecule has 1 atom stereocenters. The van der Waals surface area contributed by atoms with E-state index >= 15 is 0 Å². The summed E-state index contributed by atoms with van der Waals surface area (Å²) in [4.78, 5) is 7.08. The van der Waals surface area contributed by atoms with Gasteiger partial charge in [-0.3, -0.25) is 0 Å². The first-order valence-electron chi connectivity index (χ1n) is 5.09. The first-order chi connectivity index (χ1) is 7.66. The van der Waals surface area contributed by atoms with Crippen LogP contribution < -0.4 is 0 Å². The third kappa shape index (κ3) is 2.51. The maximum Gasteiger partial charge on any atom is 0.108 e. The number of aryl methyl sites for hydroxylation is 1. The molecule has 16 heavy (non-hydrogen) atoms. The monoisotopic (exact) mass is 280 g/mol. The first-order valence-corrected chi connectivity index (χ1v) is 5.88. The van der Waals surface area contributed by atoms with Gasteiger partial charge < -0.3 is 10.1 Å². The van der Waals surface area contributed by atoms with E-state index in [1.54, 1.807) is 12.4 Å². The number of benzene rings is 1. The fourth-order valence-corrected chi connectivity index (χ4v) is 1.83. The molecule has 0 aliphatic rings. The van der Waals surface area contributed by atoms with E-state index in [4.69, 9.17) is 0 Å². The van der Waals surface area contributed by atoms with Crippen LogP contribution in [0.3, 0.4) is 0 Å². The molecule has 1 aromatic heterocycles. The number of aliphatic hydroxyl groups is 1. The summed E-state index contributed by atoms with van der Waals surface area (Å²) in [5, 5.41) is 10.0. The third-order valence-corrected chi connectivity index (χ3v) is 3.40. The van der Waals surface area contributed by atoms with Crippen molar-refractivity contribution in [1.29, 1.82) is 0 Å². The fourth-order valence-electron chi connectivity index (χ4n) is 1.59. The molecule has 0 saturated heterocycles. The molecule has 0 amide bonds. The molecular weight excluding hydrogens is 268 g/mol. The highest BCUT2D eigenvalue weighted by Crippen LogP contribution is 2.22. The van der Waals surface area contributed by atoms with E-state index in [1.807, 2.05) is 25.1 Å². The molecule has 0 bridgehead atoms. The standard InChI is InChI=1S/C12H13BrN2O/c1-8-6-9(2-3-10(8)13)11(16)7-12-14-4-5-15-12/h2-6,11,16H,7H2,1H3,(H,14,15). The van der Waals surface area contributed by atoms with Crippen molar-refractivity contribution < 1.29 is 5.11 Å². The number of hydrogen-bond donors (Lipinski definition) is 2. The SMILES string of the molecule is Cc1cc(C(O)Cc2ncc[nH]2)ccc1Br. The number of H-pyrrole nitrogens is 1. The normalized spacial score (nSPS) is 12.7. The van der Waals surface area contributed by atoms with Crippen LogP contribution in [0.4, 0.5) is 0 Å². The predicted octanol–water partition coefficient (Wildman–Crippen LogP) is 2.76. The van der Waals surface area contributed by atoms with Gasteiger partial charge in [0.1, 0.15) is 5.82 Å². The van der Waals surface area contributed by atoms with Gasteiger partial charge in [0, 0.05) is 23.3 Å². The van der Waals surface area contributed by atoms with Gasteiger partial charge in [0.2, 0.25) is 0 Å². The Morgan fingerprint density at radius 1 is 1.50 bits per heavy atom. The van der Waals surface area contributed by atoms with Crippen LogP contribution in [0.15, 0.2) is 35.1 Å². The lowest BCUT2D eigenvalue weighted by Gasteiger charge is -2.10. The van der Waals surface area contributed by atoms with Gasteiger partial charge in [-0.25, -0.2) is 4.98 Å². The molecule has 1 heterocycles. The Bertz CT molecular complexity index is 468. The van der Waals surface area contributed by atoms with E-state index in [2.05, 4.69) is 25.9 Å². The van der Waals surface area contributed by atoms with Crippen LogP contribution in [0.2, 0.25) is 0 Å². The highest BCUT2D eigenvalue weighted by molar-refractivity contribution is 9.10. The Kier molecular flexibility index (Phi) is 3.41. The van der Waals surface area contributed by atoms with Crippen LogP contribution in [-0.2, 0) is 6.42 Å². The molecule has 1 aromatic carbocycles. The lowest BCUT2D eigenvalue weighted by atomic mass is 10.0. The number of halogens is 1. The van der Waals surface area contributed by atoms with Crippen LogP contribution in [-0.4, -0.2) is 15.1 Å². The number of aliphatic hydroxyl groups excluding tert-OH is 1. The zero-order chi connectivity index (χ0) is 11.5. The summed E-state index contributed by atoms with van der Waals surface area (Å²) in [6.07, 6.45) is 3.44. The van der Waals surface area contributed by atoms with Gasteiger partial charge in [0.05, 0.1) is 6.10 Å². The van der Waals surface area contributed by atoms with Crippen molar-refractivity contribution in [3.05, 3.63) is 52.0 Å². The van der Waals surface area contributed by atoms with Gasteiger partial charge in [-0.15, -0.1) is 0 Å². The van der Waals surface area contributed by atoms with Gasteiger partial charge >= 0.3 is 0 Å². The number of nitrogens with zero attached hydrogens (tertiary/aromatic N) is 1. The molecular formula is C12H13BrN2O. The molecule has 2 N–H and O–H groups in total. The van der Waals surface area contributed by atoms with Gasteiger partial charge in [-0.05, 0) is 24.1 Å². The maximum absolute atomic E-state index is 10.0. The van der Waals surface area contributed by atoms with Crippen molar-refractivity contribution in [2.24, 2.45) is 0 Å². The van der Waals surface area contributed by atoms with Crippen LogP contribution >= 0.6 is 15.9 Å². The van der Waals surface area contributed by atoms with Gasteiger partial charge in [0.25, 0.3) is 0 Å². The number of rotatable bonds is 3. The second-order valence-corrected chi connectivity index (χ2v) is 4.62. The summed E-state index contributed by atoms with van der Waals surface area (Å²) in [6, 6.07) is 5.86. The number of nitrogens with one attached hydrogen (secondary N) is 1. The smallest absolute Gasteiger partial charge is 0.108 e. The highest BCUT2D eigenvalue weighted by atomic mass is 79.9. The van der Waals surface area contributed by atoms with E-state index in [1.165, 1.54) is 0 Å². The van der Waals surface area contributed by atoms with Gasteiger partial charge in [-0.2, -0.15) is 0 Å². The summed E-state index contributed by atoms with van der Waals surface area (Å²) in [6.45, 7) is 2.01. The summed E-state index contributed by atoms with van der Waals surface area (Å²) in [5.41, 5.74) is 2.04. The van der Waals surface area contributed by atoms with Crippen LogP contribution in [0.5, 0.6) is 0 Å². The molecule has 0 aliphatic heterocycles. The number of aromatic amines is 1. The summed E-state index contributed by atoms with van der Waals surface area (Å²) in [5.74, 6) is 0.799. The molecule has 0 spiro atoms. The van der Waals surface area contributed by atoms with Crippen molar-refractivity contribution in [2.75, 3.05) is 0 Å². The molecule has 0 saturated carbocycles. The average Bonchev–Trinajstić information content (AvgIpc) is 2.74. The van der Waals surface area contributed by atoms with Gasteiger partial charge in [-0.1, -0.05) is 28.1 Å². The largest absolute Gasteiger partial charge is 0.388 e. The van der Waals surface area contributed by atoms with E-state index < -0.39 is 6.10 Å². The quantitative estimate of drug-likeness (QED) is 0.908. The van der Waals surface area contributed by atoms with Crippen molar-refractivity contribution >= 4 is 15.9 Å². The molecule has 3 nitrogen and oxygen atoms in total. The van der Waals surface area contributed by atoms with E-state index in [9.17, 15) is 5.11 Å². The zero-order valence-electron chi connectivity index (χ0n) is 8.94. The Labute approximate surface area is 103 Å². The molecule has 0 fully saturated rings. The zero-order valence-corrected chi connectivity index (χ0v) is 10.5. The number of hydrogen-bond acceptors (Lipinski definition) is 2. The summed E-state index contributed by atoms with van der Waals surface area (Å²) < 4.78 is 1.06. The van der Waals surface area contributed by atoms with Crippen molar-refractivity contribution in [3.8, 4) is 0 Å². The summed E-state index contributed by atoms with van der Waals surface area (Å²) in [7, 11) is 0. The molecule has 2 rings (SSSR count). The second-order valence-electron chi connectivity index (χ2n) is 3.76. The number of aromatic nitrogens is 2. The number of imidazole rings is 1. The molecule has 2 aromatic rings. The van der Waals surface area contributed by atoms with Crippen molar-refractivity contribution in [2.45, 2.75) is 19.4 Å². The van der Waals surface area contributed by atoms with E-state index in [-0.39, 0.29) is 0 Å². The minimum atomic E-state index is -0.516. The lowest BCUT2D eigenvalue weighted by molar-refractivity contribution is 0.176. The maximum atomic E-state index is 10.0. The average molecular weight is 281 g/mol. The Morgan fingerprint density at radius 2 is 2.31 bits per heavy atom. The Balaban J connectivity index is 2.14. The second kappa shape index (κ2) is 4.80.